The molecule has 0 aliphatic heterocycles. The first-order valence-corrected chi connectivity index (χ1v) is 7.52. The van der Waals surface area contributed by atoms with Crippen LogP contribution < -0.4 is 11.1 Å². The summed E-state index contributed by atoms with van der Waals surface area (Å²) in [6.07, 6.45) is 4.81. The molecule has 0 saturated heterocycles. The Morgan fingerprint density at radius 1 is 1.63 bits per heavy atom. The van der Waals surface area contributed by atoms with Crippen LogP contribution in [-0.2, 0) is 0 Å². The van der Waals surface area contributed by atoms with E-state index in [1.165, 1.54) is 18.7 Å². The fourth-order valence-electron chi connectivity index (χ4n) is 2.40. The standard InChI is InChI=1S/C13H19N3O2S/c1-2-19-9-4-3-8(5-9)16-12-6-10(13(17)18)11(14)7-15-12/h6-9H,2-5,14H2,1H3,(H,15,16)(H,17,18). The average molecular weight is 281 g/mol. The lowest BCUT2D eigenvalue weighted by Gasteiger charge is -2.14. The quantitative estimate of drug-likeness (QED) is 0.768. The van der Waals surface area contributed by atoms with Gasteiger partial charge in [0.05, 0.1) is 17.4 Å². The van der Waals surface area contributed by atoms with Gasteiger partial charge in [-0.25, -0.2) is 9.78 Å². The lowest BCUT2D eigenvalue weighted by Crippen LogP contribution is -2.17. The van der Waals surface area contributed by atoms with Crippen molar-refractivity contribution in [3.8, 4) is 0 Å². The molecule has 1 aliphatic carbocycles. The second-order valence-electron chi connectivity index (χ2n) is 4.69. The number of nitrogens with zero attached hydrogens (tertiary/aromatic N) is 1. The Balaban J connectivity index is 2.00. The van der Waals surface area contributed by atoms with Crippen LogP contribution >= 0.6 is 11.8 Å². The van der Waals surface area contributed by atoms with Crippen LogP contribution in [0.4, 0.5) is 11.5 Å². The zero-order valence-electron chi connectivity index (χ0n) is 10.9. The summed E-state index contributed by atoms with van der Waals surface area (Å²) in [5, 5.41) is 13.0. The lowest BCUT2D eigenvalue weighted by atomic mass is 10.2. The third kappa shape index (κ3) is 3.53. The number of carboxylic acid groups (broad SMARTS) is 1. The second-order valence-corrected chi connectivity index (χ2v) is 6.27. The molecule has 1 fully saturated rings. The molecule has 5 nitrogen and oxygen atoms in total. The Labute approximate surface area is 117 Å². The maximum Gasteiger partial charge on any atom is 0.337 e. The molecule has 2 rings (SSSR count). The number of hydrogen-bond donors (Lipinski definition) is 3. The van der Waals surface area contributed by atoms with Crippen LogP contribution in [0.25, 0.3) is 0 Å². The van der Waals surface area contributed by atoms with E-state index in [0.717, 1.165) is 18.6 Å². The number of hydrogen-bond acceptors (Lipinski definition) is 5. The number of thioether (sulfide) groups is 1. The van der Waals surface area contributed by atoms with Crippen molar-refractivity contribution in [2.75, 3.05) is 16.8 Å². The van der Waals surface area contributed by atoms with Gasteiger partial charge >= 0.3 is 5.97 Å². The number of rotatable bonds is 5. The minimum atomic E-state index is -1.02. The molecule has 6 heteroatoms. The van der Waals surface area contributed by atoms with Crippen molar-refractivity contribution >= 4 is 29.2 Å². The van der Waals surface area contributed by atoms with Gasteiger partial charge in [-0.2, -0.15) is 11.8 Å². The number of carbonyl (C=O) groups is 1. The molecule has 19 heavy (non-hydrogen) atoms. The fourth-order valence-corrected chi connectivity index (χ4v) is 3.54. The summed E-state index contributed by atoms with van der Waals surface area (Å²) in [5.41, 5.74) is 5.89. The molecule has 1 saturated carbocycles. The average Bonchev–Trinajstić information content (AvgIpc) is 2.79. The molecule has 2 unspecified atom stereocenters. The summed E-state index contributed by atoms with van der Waals surface area (Å²) >= 11 is 1.99. The first kappa shape index (κ1) is 14.0. The van der Waals surface area contributed by atoms with E-state index in [2.05, 4.69) is 17.2 Å². The summed E-state index contributed by atoms with van der Waals surface area (Å²) in [6, 6.07) is 1.89. The Hall–Kier alpha value is -1.43. The number of nitrogen functional groups attached to an aromatic ring is 1. The predicted molar refractivity (Wildman–Crippen MR) is 78.8 cm³/mol. The fraction of sp³-hybridized carbons (Fsp3) is 0.538. The molecule has 1 heterocycles. The number of aromatic carboxylic acids is 1. The van der Waals surface area contributed by atoms with E-state index in [1.54, 1.807) is 0 Å². The van der Waals surface area contributed by atoms with Gasteiger partial charge in [0.1, 0.15) is 5.82 Å². The molecule has 0 radical (unpaired) electrons. The van der Waals surface area contributed by atoms with Crippen molar-refractivity contribution in [3.63, 3.8) is 0 Å². The Morgan fingerprint density at radius 3 is 3.11 bits per heavy atom. The third-order valence-electron chi connectivity index (χ3n) is 3.30. The van der Waals surface area contributed by atoms with Gasteiger partial charge in [0.15, 0.2) is 0 Å². The van der Waals surface area contributed by atoms with Gasteiger partial charge < -0.3 is 16.2 Å². The monoisotopic (exact) mass is 281 g/mol. The van der Waals surface area contributed by atoms with Gasteiger partial charge in [-0.3, -0.25) is 0 Å². The minimum absolute atomic E-state index is 0.106. The number of nitrogens with two attached hydrogens (primary N) is 1. The van der Waals surface area contributed by atoms with Crippen molar-refractivity contribution in [2.45, 2.75) is 37.5 Å². The smallest absolute Gasteiger partial charge is 0.337 e. The van der Waals surface area contributed by atoms with Gasteiger partial charge in [0, 0.05) is 11.3 Å². The molecule has 1 aliphatic rings. The first-order chi connectivity index (χ1) is 9.10. The maximum absolute atomic E-state index is 11.0. The highest BCUT2D eigenvalue weighted by molar-refractivity contribution is 7.99. The van der Waals surface area contributed by atoms with Crippen molar-refractivity contribution in [2.24, 2.45) is 0 Å². The molecular formula is C13H19N3O2S. The number of nitrogens with one attached hydrogen (secondary N) is 1. The van der Waals surface area contributed by atoms with E-state index in [4.69, 9.17) is 10.8 Å². The maximum atomic E-state index is 11.0. The van der Waals surface area contributed by atoms with Gasteiger partial charge in [0.25, 0.3) is 0 Å². The molecule has 1 aromatic rings. The normalized spacial score (nSPS) is 22.4. The van der Waals surface area contributed by atoms with Crippen LogP contribution in [0, 0.1) is 0 Å². The van der Waals surface area contributed by atoms with E-state index in [0.29, 0.717) is 17.1 Å². The van der Waals surface area contributed by atoms with Crippen LogP contribution in [0.3, 0.4) is 0 Å². The largest absolute Gasteiger partial charge is 0.478 e. The topological polar surface area (TPSA) is 88.2 Å². The zero-order valence-corrected chi connectivity index (χ0v) is 11.7. The molecule has 0 bridgehead atoms. The van der Waals surface area contributed by atoms with Crippen LogP contribution in [-0.4, -0.2) is 33.1 Å². The molecule has 0 spiro atoms. The highest BCUT2D eigenvalue weighted by Gasteiger charge is 2.24. The first-order valence-electron chi connectivity index (χ1n) is 6.47. The molecule has 104 valence electrons. The van der Waals surface area contributed by atoms with Crippen LogP contribution in [0.15, 0.2) is 12.3 Å². The SMILES string of the molecule is CCSC1CCC(Nc2cc(C(=O)O)c(N)cn2)C1. The van der Waals surface area contributed by atoms with Gasteiger partial charge in [-0.1, -0.05) is 6.92 Å². The van der Waals surface area contributed by atoms with E-state index in [1.807, 2.05) is 11.8 Å². The summed E-state index contributed by atoms with van der Waals surface area (Å²) in [6.45, 7) is 2.17. The third-order valence-corrected chi connectivity index (χ3v) is 4.54. The van der Waals surface area contributed by atoms with E-state index in [-0.39, 0.29) is 11.3 Å². The van der Waals surface area contributed by atoms with E-state index in [9.17, 15) is 4.79 Å². The van der Waals surface area contributed by atoms with E-state index < -0.39 is 5.97 Å². The second kappa shape index (κ2) is 6.14. The van der Waals surface area contributed by atoms with Crippen LogP contribution in [0.5, 0.6) is 0 Å². The minimum Gasteiger partial charge on any atom is -0.478 e. The van der Waals surface area contributed by atoms with Gasteiger partial charge in [0.2, 0.25) is 0 Å². The molecular weight excluding hydrogens is 262 g/mol. The van der Waals surface area contributed by atoms with E-state index >= 15 is 0 Å². The van der Waals surface area contributed by atoms with Crippen LogP contribution in [0.1, 0.15) is 36.5 Å². The van der Waals surface area contributed by atoms with Gasteiger partial charge in [-0.15, -0.1) is 0 Å². The lowest BCUT2D eigenvalue weighted by molar-refractivity contribution is 0.0698. The molecule has 4 N–H and O–H groups in total. The van der Waals surface area contributed by atoms with Gasteiger partial charge in [-0.05, 0) is 31.1 Å². The molecule has 1 aromatic heterocycles. The zero-order chi connectivity index (χ0) is 13.8. The Kier molecular flexibility index (Phi) is 4.52. The number of aromatic nitrogens is 1. The summed E-state index contributed by atoms with van der Waals surface area (Å²) in [4.78, 5) is 15.2. The van der Waals surface area contributed by atoms with Crippen LogP contribution in [0.2, 0.25) is 0 Å². The van der Waals surface area contributed by atoms with Crippen molar-refractivity contribution < 1.29 is 9.90 Å². The molecule has 2 atom stereocenters. The summed E-state index contributed by atoms with van der Waals surface area (Å²) < 4.78 is 0. The van der Waals surface area contributed by atoms with Crippen molar-refractivity contribution in [3.05, 3.63) is 17.8 Å². The number of carboxylic acids is 1. The van der Waals surface area contributed by atoms with Crippen molar-refractivity contribution in [1.29, 1.82) is 0 Å². The summed E-state index contributed by atoms with van der Waals surface area (Å²) in [7, 11) is 0. The Morgan fingerprint density at radius 2 is 2.42 bits per heavy atom. The number of pyridine rings is 1. The molecule has 0 amide bonds. The summed E-state index contributed by atoms with van der Waals surface area (Å²) in [5.74, 6) is 0.716. The number of anilines is 2. The molecule has 0 aromatic carbocycles. The Bertz CT molecular complexity index is 467. The highest BCUT2D eigenvalue weighted by atomic mass is 32.2. The predicted octanol–water partition coefficient (Wildman–Crippen LogP) is 2.45. The van der Waals surface area contributed by atoms with Crippen molar-refractivity contribution in [1.82, 2.24) is 4.98 Å². The highest BCUT2D eigenvalue weighted by Crippen LogP contribution is 2.31.